The lowest BCUT2D eigenvalue weighted by Gasteiger charge is -2.42. The number of carbonyl (C=O) groups is 1. The molecule has 0 aliphatic carbocycles. The van der Waals surface area contributed by atoms with Gasteiger partial charge in [-0.25, -0.2) is 4.79 Å². The minimum atomic E-state index is -1.99. The zero-order valence-corrected chi connectivity index (χ0v) is 20.8. The maximum atomic E-state index is 11.8. The molecule has 5 heteroatoms. The number of hydrogen-bond donors (Lipinski definition) is 0. The van der Waals surface area contributed by atoms with E-state index in [9.17, 15) is 4.79 Å². The van der Waals surface area contributed by atoms with Crippen molar-refractivity contribution in [1.29, 1.82) is 0 Å². The van der Waals surface area contributed by atoms with Crippen LogP contribution in [0, 0.1) is 5.92 Å². The summed E-state index contributed by atoms with van der Waals surface area (Å²) in [6.07, 6.45) is 10.3. The van der Waals surface area contributed by atoms with Gasteiger partial charge in [0, 0.05) is 19.1 Å². The molecule has 3 atom stereocenters. The lowest BCUT2D eigenvalue weighted by molar-refractivity contribution is -0.136. The van der Waals surface area contributed by atoms with Crippen LogP contribution in [-0.4, -0.2) is 40.2 Å². The Hall–Kier alpha value is -1.43. The van der Waals surface area contributed by atoms with Gasteiger partial charge in [-0.05, 0) is 43.5 Å². The molecule has 0 aliphatic rings. The van der Waals surface area contributed by atoms with Gasteiger partial charge in [0.15, 0.2) is 8.32 Å². The van der Waals surface area contributed by atoms with Crippen molar-refractivity contribution in [2.24, 2.45) is 5.92 Å². The summed E-state index contributed by atoms with van der Waals surface area (Å²) in [5.74, 6) is -0.252. The van der Waals surface area contributed by atoms with Crippen LogP contribution in [0.15, 0.2) is 49.1 Å². The van der Waals surface area contributed by atoms with Crippen molar-refractivity contribution in [2.75, 3.05) is 13.7 Å². The van der Waals surface area contributed by atoms with Crippen molar-refractivity contribution in [3.05, 3.63) is 49.1 Å². The Morgan fingerprint density at radius 3 is 2.28 bits per heavy atom. The molecule has 0 heterocycles. The molecule has 4 nitrogen and oxygen atoms in total. The third kappa shape index (κ3) is 10.2. The van der Waals surface area contributed by atoms with Gasteiger partial charge in [-0.15, -0.1) is 13.2 Å². The molecular formula is C24H42O4Si. The van der Waals surface area contributed by atoms with Gasteiger partial charge in [0.2, 0.25) is 0 Å². The maximum Gasteiger partial charge on any atom is 0.330 e. The minimum Gasteiger partial charge on any atom is -0.458 e. The highest BCUT2D eigenvalue weighted by Gasteiger charge is 2.41. The molecule has 0 saturated carbocycles. The molecule has 0 N–H and O–H groups in total. The van der Waals surface area contributed by atoms with Gasteiger partial charge < -0.3 is 13.9 Å². The maximum absolute atomic E-state index is 11.8. The van der Waals surface area contributed by atoms with E-state index in [0.29, 0.717) is 0 Å². The summed E-state index contributed by atoms with van der Waals surface area (Å²) in [7, 11) is -0.315. The largest absolute Gasteiger partial charge is 0.458 e. The first-order chi connectivity index (χ1) is 13.4. The third-order valence-electron chi connectivity index (χ3n) is 5.36. The molecule has 0 rings (SSSR count). The first kappa shape index (κ1) is 27.6. The highest BCUT2D eigenvalue weighted by atomic mass is 28.4. The summed E-state index contributed by atoms with van der Waals surface area (Å²) in [5.41, 5.74) is 0.980. The monoisotopic (exact) mass is 422 g/mol. The number of allylic oxidation sites excluding steroid dienone is 2. The summed E-state index contributed by atoms with van der Waals surface area (Å²) in [6, 6.07) is 0. The molecule has 0 bridgehead atoms. The first-order valence-corrected chi connectivity index (χ1v) is 13.2. The summed E-state index contributed by atoms with van der Waals surface area (Å²) < 4.78 is 17.6. The predicted molar refractivity (Wildman–Crippen MR) is 126 cm³/mol. The summed E-state index contributed by atoms with van der Waals surface area (Å²) in [6.45, 7) is 23.0. The molecule has 0 fully saturated rings. The van der Waals surface area contributed by atoms with Gasteiger partial charge in [-0.3, -0.25) is 0 Å². The number of methoxy groups -OCH3 is 1. The van der Waals surface area contributed by atoms with Crippen LogP contribution in [-0.2, 0) is 18.7 Å². The van der Waals surface area contributed by atoms with E-state index < -0.39 is 8.32 Å². The van der Waals surface area contributed by atoms with Crippen LogP contribution in [0.25, 0.3) is 0 Å². The van der Waals surface area contributed by atoms with Gasteiger partial charge in [-0.2, -0.15) is 0 Å². The first-order valence-electron chi connectivity index (χ1n) is 10.3. The summed E-state index contributed by atoms with van der Waals surface area (Å²) >= 11 is 0. The van der Waals surface area contributed by atoms with E-state index in [2.05, 4.69) is 60.0 Å². The highest BCUT2D eigenvalue weighted by molar-refractivity contribution is 6.74. The van der Waals surface area contributed by atoms with Crippen LogP contribution >= 0.6 is 0 Å². The van der Waals surface area contributed by atoms with E-state index in [1.165, 1.54) is 6.08 Å². The minimum absolute atomic E-state index is 0.0777. The van der Waals surface area contributed by atoms with Crippen LogP contribution < -0.4 is 0 Å². The molecule has 0 aromatic carbocycles. The van der Waals surface area contributed by atoms with Gasteiger partial charge in [0.25, 0.3) is 0 Å². The van der Waals surface area contributed by atoms with Crippen molar-refractivity contribution in [1.82, 2.24) is 0 Å². The fourth-order valence-electron chi connectivity index (χ4n) is 2.57. The second kappa shape index (κ2) is 13.0. The number of hydrogen-bond acceptors (Lipinski definition) is 4. The molecule has 0 spiro atoms. The molecule has 0 aromatic rings. The average Bonchev–Trinajstić information content (AvgIpc) is 2.62. The van der Waals surface area contributed by atoms with Crippen molar-refractivity contribution in [3.8, 4) is 0 Å². The Morgan fingerprint density at radius 2 is 1.79 bits per heavy atom. The normalized spacial score (nSPS) is 16.3. The van der Waals surface area contributed by atoms with Gasteiger partial charge in [0.05, 0.1) is 6.10 Å². The van der Waals surface area contributed by atoms with Crippen LogP contribution in [0.4, 0.5) is 0 Å². The topological polar surface area (TPSA) is 44.8 Å². The molecule has 0 amide bonds. The van der Waals surface area contributed by atoms with Gasteiger partial charge in [-0.1, -0.05) is 52.0 Å². The van der Waals surface area contributed by atoms with Crippen LogP contribution in [0.1, 0.15) is 47.5 Å². The fourth-order valence-corrected chi connectivity index (χ4v) is 3.96. The lowest BCUT2D eigenvalue weighted by Crippen LogP contribution is -2.49. The Labute approximate surface area is 179 Å². The number of unbranched alkanes of at least 4 members (excludes halogenated alkanes) is 1. The molecule has 29 heavy (non-hydrogen) atoms. The molecular weight excluding hydrogens is 380 g/mol. The van der Waals surface area contributed by atoms with Gasteiger partial charge >= 0.3 is 5.97 Å². The number of carbonyl (C=O) groups excluding carboxylic acids is 1. The average molecular weight is 423 g/mol. The molecule has 0 radical (unpaired) electrons. The SMILES string of the molecule is C=CCC/C=C/C(=O)OC/C(C)=C\C(C)[C@H](O[Si](C)(C)C(C)(C)C)[C@H](C=C)OC. The van der Waals surface area contributed by atoms with Crippen LogP contribution in [0.3, 0.4) is 0 Å². The van der Waals surface area contributed by atoms with E-state index in [4.69, 9.17) is 13.9 Å². The fraction of sp³-hybridized carbons (Fsp3) is 0.625. The Balaban J connectivity index is 5.16. The molecule has 0 aromatic heterocycles. The molecule has 1 unspecified atom stereocenters. The number of rotatable bonds is 13. The standard InChI is InChI=1S/C24H42O4Si/c1-11-13-14-15-16-22(25)27-18-19(3)17-20(4)23(21(12-2)26-8)28-29(9,10)24(5,6)7/h11-12,15-17,20-21,23H,1-2,13-14,18H2,3-10H3/b16-15+,19-17-/t20?,21-,23-/m0/s1. The van der Waals surface area contributed by atoms with Gasteiger partial charge in [0.1, 0.15) is 12.7 Å². The second-order valence-electron chi connectivity index (χ2n) is 9.03. The van der Waals surface area contributed by atoms with Crippen molar-refractivity contribution in [2.45, 2.75) is 77.8 Å². The van der Waals surface area contributed by atoms with Crippen molar-refractivity contribution >= 4 is 14.3 Å². The quantitative estimate of drug-likeness (QED) is 0.116. The highest BCUT2D eigenvalue weighted by Crippen LogP contribution is 2.39. The van der Waals surface area contributed by atoms with Crippen molar-refractivity contribution in [3.63, 3.8) is 0 Å². The molecule has 0 aliphatic heterocycles. The van der Waals surface area contributed by atoms with E-state index >= 15 is 0 Å². The predicted octanol–water partition coefficient (Wildman–Crippen LogP) is 6.23. The molecule has 0 saturated heterocycles. The Bertz CT molecular complexity index is 584. The van der Waals surface area contributed by atoms with E-state index in [1.807, 2.05) is 19.1 Å². The van der Waals surface area contributed by atoms with Crippen LogP contribution in [0.5, 0.6) is 0 Å². The third-order valence-corrected chi connectivity index (χ3v) is 9.84. The molecule has 166 valence electrons. The zero-order chi connectivity index (χ0) is 22.7. The number of esters is 1. The van der Waals surface area contributed by atoms with Crippen LogP contribution in [0.2, 0.25) is 18.1 Å². The summed E-state index contributed by atoms with van der Waals surface area (Å²) in [4.78, 5) is 11.8. The second-order valence-corrected chi connectivity index (χ2v) is 13.8. The zero-order valence-electron chi connectivity index (χ0n) is 19.8. The smallest absolute Gasteiger partial charge is 0.330 e. The van der Waals surface area contributed by atoms with E-state index in [0.717, 1.165) is 18.4 Å². The van der Waals surface area contributed by atoms with Crippen molar-refractivity contribution < 1.29 is 18.7 Å². The lowest BCUT2D eigenvalue weighted by atomic mass is 9.97. The Kier molecular flexibility index (Phi) is 12.3. The summed E-state index contributed by atoms with van der Waals surface area (Å²) in [5, 5.41) is 0.0939. The Morgan fingerprint density at radius 1 is 1.17 bits per heavy atom. The van der Waals surface area contributed by atoms with E-state index in [-0.39, 0.29) is 35.7 Å². The van der Waals surface area contributed by atoms with E-state index in [1.54, 1.807) is 13.2 Å². The number of ether oxygens (including phenoxy) is 2.